The van der Waals surface area contributed by atoms with Crippen LogP contribution in [0.2, 0.25) is 0 Å². The lowest BCUT2D eigenvalue weighted by Crippen LogP contribution is -2.50. The van der Waals surface area contributed by atoms with Crippen molar-refractivity contribution in [3.05, 3.63) is 24.0 Å². The highest BCUT2D eigenvalue weighted by molar-refractivity contribution is 7.89. The van der Waals surface area contributed by atoms with Crippen LogP contribution in [0.4, 0.5) is 10.1 Å². The summed E-state index contributed by atoms with van der Waals surface area (Å²) < 4.78 is 39.3. The van der Waals surface area contributed by atoms with Crippen molar-refractivity contribution in [2.45, 2.75) is 4.90 Å². The third-order valence-corrected chi connectivity index (χ3v) is 4.96. The summed E-state index contributed by atoms with van der Waals surface area (Å²) in [6.07, 6.45) is 0. The second-order valence-corrected chi connectivity index (χ2v) is 6.19. The van der Waals surface area contributed by atoms with Crippen molar-refractivity contribution in [1.82, 2.24) is 9.21 Å². The van der Waals surface area contributed by atoms with Gasteiger partial charge in [-0.15, -0.1) is 0 Å². The Morgan fingerprint density at radius 1 is 1.32 bits per heavy atom. The van der Waals surface area contributed by atoms with Gasteiger partial charge in [0.25, 0.3) is 0 Å². The minimum atomic E-state index is -4.09. The molecule has 1 aliphatic rings. The number of likely N-dealkylation sites (N-methyl/N-ethyl adjacent to an activating group) is 1. The van der Waals surface area contributed by atoms with Crippen LogP contribution in [0.25, 0.3) is 0 Å². The molecule has 1 saturated heterocycles. The fourth-order valence-corrected chi connectivity index (χ4v) is 3.41. The highest BCUT2D eigenvalue weighted by Crippen LogP contribution is 2.26. The van der Waals surface area contributed by atoms with Gasteiger partial charge in [0.05, 0.1) is 12.2 Å². The Morgan fingerprint density at radius 2 is 2.00 bits per heavy atom. The topological polar surface area (TPSA) is 83.7 Å². The number of nitrogens with zero attached hydrogens (tertiary/aromatic N) is 2. The quantitative estimate of drug-likeness (QED) is 0.768. The van der Waals surface area contributed by atoms with E-state index >= 15 is 0 Å². The molecule has 0 aromatic heterocycles. The standard InChI is InChI=1S/C11H14FN3O3S/c1-14-5-6-15(7-10(14)16)19(17,18)11-8(12)3-2-4-9(11)13/h2-4H,5-7,13H2,1H3. The number of benzene rings is 1. The number of piperazine rings is 1. The highest BCUT2D eigenvalue weighted by atomic mass is 32.2. The third-order valence-electron chi connectivity index (χ3n) is 3.02. The largest absolute Gasteiger partial charge is 0.398 e. The fraction of sp³-hybridized carbons (Fsp3) is 0.364. The van der Waals surface area contributed by atoms with Crippen LogP contribution < -0.4 is 5.73 Å². The van der Waals surface area contributed by atoms with Gasteiger partial charge in [-0.3, -0.25) is 4.79 Å². The molecule has 0 aliphatic carbocycles. The van der Waals surface area contributed by atoms with Crippen molar-refractivity contribution in [2.24, 2.45) is 0 Å². The van der Waals surface area contributed by atoms with E-state index in [9.17, 15) is 17.6 Å². The summed E-state index contributed by atoms with van der Waals surface area (Å²) in [7, 11) is -2.51. The molecule has 0 saturated carbocycles. The molecule has 6 nitrogen and oxygen atoms in total. The normalized spacial score (nSPS) is 17.8. The summed E-state index contributed by atoms with van der Waals surface area (Å²) in [5, 5.41) is 0. The summed E-state index contributed by atoms with van der Waals surface area (Å²) in [6.45, 7) is 0.0946. The molecule has 1 aromatic carbocycles. The Morgan fingerprint density at radius 3 is 2.58 bits per heavy atom. The number of halogens is 1. The highest BCUT2D eigenvalue weighted by Gasteiger charge is 2.34. The van der Waals surface area contributed by atoms with Crippen LogP contribution in [0.15, 0.2) is 23.1 Å². The Bertz CT molecular complexity index is 597. The molecule has 104 valence electrons. The van der Waals surface area contributed by atoms with Crippen LogP contribution in [0.1, 0.15) is 0 Å². The van der Waals surface area contributed by atoms with Crippen LogP contribution in [-0.2, 0) is 14.8 Å². The number of anilines is 1. The molecule has 0 unspecified atom stereocenters. The smallest absolute Gasteiger partial charge is 0.248 e. The van der Waals surface area contributed by atoms with Gasteiger partial charge in [-0.1, -0.05) is 6.07 Å². The van der Waals surface area contributed by atoms with Crippen LogP contribution in [0, 0.1) is 5.82 Å². The molecule has 1 fully saturated rings. The Labute approximate surface area is 110 Å². The van der Waals surface area contributed by atoms with Gasteiger partial charge in [0, 0.05) is 20.1 Å². The molecule has 1 aromatic rings. The minimum Gasteiger partial charge on any atom is -0.398 e. The van der Waals surface area contributed by atoms with Crippen molar-refractivity contribution in [2.75, 3.05) is 32.4 Å². The van der Waals surface area contributed by atoms with Gasteiger partial charge in [0.2, 0.25) is 15.9 Å². The summed E-state index contributed by atoms with van der Waals surface area (Å²) in [6, 6.07) is 3.67. The SMILES string of the molecule is CN1CCN(S(=O)(=O)c2c(N)cccc2F)CC1=O. The Hall–Kier alpha value is -1.67. The monoisotopic (exact) mass is 287 g/mol. The third kappa shape index (κ3) is 2.41. The van der Waals surface area contributed by atoms with E-state index in [2.05, 4.69) is 0 Å². The van der Waals surface area contributed by atoms with Gasteiger partial charge >= 0.3 is 0 Å². The molecule has 0 atom stereocenters. The zero-order chi connectivity index (χ0) is 14.2. The van der Waals surface area contributed by atoms with Crippen molar-refractivity contribution >= 4 is 21.6 Å². The van der Waals surface area contributed by atoms with E-state index in [0.29, 0.717) is 0 Å². The first kappa shape index (κ1) is 13.8. The van der Waals surface area contributed by atoms with Crippen molar-refractivity contribution < 1.29 is 17.6 Å². The van der Waals surface area contributed by atoms with Crippen molar-refractivity contribution in [3.63, 3.8) is 0 Å². The summed E-state index contributed by atoms with van der Waals surface area (Å²) in [4.78, 5) is 12.4. The average molecular weight is 287 g/mol. The number of hydrogen-bond donors (Lipinski definition) is 1. The Kier molecular flexibility index (Phi) is 3.46. The zero-order valence-corrected chi connectivity index (χ0v) is 11.2. The fourth-order valence-electron chi connectivity index (χ4n) is 1.87. The van der Waals surface area contributed by atoms with E-state index in [1.54, 1.807) is 7.05 Å². The number of hydrogen-bond acceptors (Lipinski definition) is 4. The van der Waals surface area contributed by atoms with Crippen molar-refractivity contribution in [3.8, 4) is 0 Å². The second kappa shape index (κ2) is 4.78. The number of rotatable bonds is 2. The lowest BCUT2D eigenvalue weighted by Gasteiger charge is -2.31. The van der Waals surface area contributed by atoms with E-state index in [-0.39, 0.29) is 31.2 Å². The lowest BCUT2D eigenvalue weighted by molar-refractivity contribution is -0.132. The number of nitrogens with two attached hydrogens (primary N) is 1. The van der Waals surface area contributed by atoms with E-state index in [1.807, 2.05) is 0 Å². The molecule has 0 radical (unpaired) electrons. The molecule has 19 heavy (non-hydrogen) atoms. The molecule has 1 heterocycles. The summed E-state index contributed by atoms with van der Waals surface area (Å²) in [5.41, 5.74) is 5.37. The van der Waals surface area contributed by atoms with Crippen LogP contribution in [0.3, 0.4) is 0 Å². The van der Waals surface area contributed by atoms with Crippen LogP contribution in [-0.4, -0.2) is 50.2 Å². The van der Waals surface area contributed by atoms with Gasteiger partial charge in [-0.05, 0) is 12.1 Å². The number of carbonyl (C=O) groups is 1. The predicted molar refractivity (Wildman–Crippen MR) is 67.2 cm³/mol. The molecule has 0 spiro atoms. The molecule has 0 bridgehead atoms. The molecule has 2 rings (SSSR count). The molecule has 8 heteroatoms. The van der Waals surface area contributed by atoms with E-state index in [4.69, 9.17) is 5.73 Å². The Balaban J connectivity index is 2.41. The first-order valence-corrected chi connectivity index (χ1v) is 7.06. The number of sulfonamides is 1. The van der Waals surface area contributed by atoms with Gasteiger partial charge < -0.3 is 10.6 Å². The van der Waals surface area contributed by atoms with Gasteiger partial charge in [-0.2, -0.15) is 4.31 Å². The maximum Gasteiger partial charge on any atom is 0.248 e. The molecular weight excluding hydrogens is 273 g/mol. The molecular formula is C11H14FN3O3S. The zero-order valence-electron chi connectivity index (χ0n) is 10.3. The first-order valence-electron chi connectivity index (χ1n) is 5.62. The molecule has 1 amide bonds. The lowest BCUT2D eigenvalue weighted by atomic mass is 10.3. The van der Waals surface area contributed by atoms with E-state index < -0.39 is 20.7 Å². The average Bonchev–Trinajstić information content (AvgIpc) is 2.32. The molecule has 1 aliphatic heterocycles. The van der Waals surface area contributed by atoms with E-state index in [0.717, 1.165) is 10.4 Å². The van der Waals surface area contributed by atoms with Crippen molar-refractivity contribution in [1.29, 1.82) is 0 Å². The van der Waals surface area contributed by atoms with Gasteiger partial charge in [0.15, 0.2) is 0 Å². The van der Waals surface area contributed by atoms with Gasteiger partial charge in [0.1, 0.15) is 10.7 Å². The predicted octanol–water partition coefficient (Wildman–Crippen LogP) is -0.129. The first-order chi connectivity index (χ1) is 8.84. The number of amides is 1. The second-order valence-electron chi connectivity index (χ2n) is 4.31. The summed E-state index contributed by atoms with van der Waals surface area (Å²) in [5.74, 6) is -1.24. The van der Waals surface area contributed by atoms with Crippen LogP contribution in [0.5, 0.6) is 0 Å². The maximum absolute atomic E-state index is 13.7. The van der Waals surface area contributed by atoms with E-state index in [1.165, 1.54) is 17.0 Å². The molecule has 2 N–H and O–H groups in total. The maximum atomic E-state index is 13.7. The summed E-state index contributed by atoms with van der Waals surface area (Å²) >= 11 is 0. The van der Waals surface area contributed by atoms with Gasteiger partial charge in [-0.25, -0.2) is 12.8 Å². The minimum absolute atomic E-state index is 0.123. The number of nitrogen functional groups attached to an aromatic ring is 1. The number of carbonyl (C=O) groups excluding carboxylic acids is 1. The van der Waals surface area contributed by atoms with Crippen LogP contribution >= 0.6 is 0 Å².